The summed E-state index contributed by atoms with van der Waals surface area (Å²) >= 11 is 0. The summed E-state index contributed by atoms with van der Waals surface area (Å²) in [5.41, 5.74) is 1.85. The van der Waals surface area contributed by atoms with E-state index in [4.69, 9.17) is 9.26 Å². The van der Waals surface area contributed by atoms with Gasteiger partial charge < -0.3 is 9.26 Å². The number of carbonyl (C=O) groups excluding carboxylic acids is 1. The molecule has 1 aromatic rings. The number of hydrogen-bond acceptors (Lipinski definition) is 5. The first-order valence-electron chi connectivity index (χ1n) is 5.82. The Bertz CT molecular complexity index is 368. The Kier molecular flexibility index (Phi) is 4.69. The minimum atomic E-state index is -0.348. The fraction of sp³-hybridized carbons (Fsp3) is 0.667. The zero-order valence-electron chi connectivity index (χ0n) is 11.0. The molecule has 1 N–H and O–H groups in total. The van der Waals surface area contributed by atoms with Crippen LogP contribution in [-0.2, 0) is 9.53 Å². The Morgan fingerprint density at radius 2 is 2.12 bits per heavy atom. The van der Waals surface area contributed by atoms with Crippen molar-refractivity contribution in [2.45, 2.75) is 46.7 Å². The first-order valence-corrected chi connectivity index (χ1v) is 5.82. The lowest BCUT2D eigenvalue weighted by atomic mass is 10.1. The van der Waals surface area contributed by atoms with E-state index in [1.165, 1.54) is 0 Å². The minimum Gasteiger partial charge on any atom is -0.465 e. The van der Waals surface area contributed by atoms with Gasteiger partial charge in [0.05, 0.1) is 12.3 Å². The number of aryl methyl sites for hydroxylation is 2. The summed E-state index contributed by atoms with van der Waals surface area (Å²) in [6.07, 6.45) is 0. The number of hydrogen-bond donors (Lipinski definition) is 1. The first kappa shape index (κ1) is 13.7. The number of rotatable bonds is 5. The van der Waals surface area contributed by atoms with E-state index in [1.807, 2.05) is 20.8 Å². The number of ether oxygens (including phenoxy) is 1. The summed E-state index contributed by atoms with van der Waals surface area (Å²) in [5, 5.41) is 7.07. The third-order valence-electron chi connectivity index (χ3n) is 2.66. The summed E-state index contributed by atoms with van der Waals surface area (Å²) in [5.74, 6) is 0.532. The maximum absolute atomic E-state index is 11.5. The summed E-state index contributed by atoms with van der Waals surface area (Å²) in [6.45, 7) is 9.70. The molecule has 0 aliphatic rings. The maximum Gasteiger partial charge on any atom is 0.322 e. The van der Waals surface area contributed by atoms with Crippen molar-refractivity contribution in [2.24, 2.45) is 0 Å². The largest absolute Gasteiger partial charge is 0.465 e. The van der Waals surface area contributed by atoms with E-state index in [-0.39, 0.29) is 18.1 Å². The molecule has 0 fully saturated rings. The van der Waals surface area contributed by atoms with Crippen molar-refractivity contribution in [3.05, 3.63) is 17.0 Å². The van der Waals surface area contributed by atoms with Crippen LogP contribution in [0.4, 0.5) is 0 Å². The molecule has 96 valence electrons. The zero-order chi connectivity index (χ0) is 13.0. The Morgan fingerprint density at radius 3 is 2.59 bits per heavy atom. The molecule has 0 saturated carbocycles. The molecule has 0 amide bonds. The molecule has 0 radical (unpaired) electrons. The second kappa shape index (κ2) is 5.82. The summed E-state index contributed by atoms with van der Waals surface area (Å²) in [4.78, 5) is 11.5. The van der Waals surface area contributed by atoms with Crippen molar-refractivity contribution in [1.29, 1.82) is 0 Å². The molecule has 2 atom stereocenters. The number of nitrogens with zero attached hydrogens (tertiary/aromatic N) is 1. The van der Waals surface area contributed by atoms with E-state index in [1.54, 1.807) is 13.8 Å². The fourth-order valence-electron chi connectivity index (χ4n) is 1.90. The van der Waals surface area contributed by atoms with Crippen molar-refractivity contribution in [1.82, 2.24) is 10.5 Å². The third kappa shape index (κ3) is 3.30. The van der Waals surface area contributed by atoms with Crippen LogP contribution in [0, 0.1) is 13.8 Å². The highest BCUT2D eigenvalue weighted by Gasteiger charge is 2.21. The highest BCUT2D eigenvalue weighted by molar-refractivity contribution is 5.75. The van der Waals surface area contributed by atoms with Gasteiger partial charge in [0, 0.05) is 11.6 Å². The molecule has 0 aliphatic heterocycles. The smallest absolute Gasteiger partial charge is 0.322 e. The molecule has 1 aromatic heterocycles. The topological polar surface area (TPSA) is 64.4 Å². The van der Waals surface area contributed by atoms with Gasteiger partial charge in [-0.2, -0.15) is 0 Å². The molecule has 2 unspecified atom stereocenters. The standard InChI is InChI=1S/C12H20N2O3/c1-6-16-12(15)9(4)13-7(2)11-8(3)14-17-10(11)5/h7,9,13H,6H2,1-5H3. The number of esters is 1. The van der Waals surface area contributed by atoms with Gasteiger partial charge in [0.2, 0.25) is 0 Å². The Morgan fingerprint density at radius 1 is 1.47 bits per heavy atom. The second-order valence-electron chi connectivity index (χ2n) is 4.10. The molecule has 0 aromatic carbocycles. The SMILES string of the molecule is CCOC(=O)C(C)NC(C)c1c(C)noc1C. The zero-order valence-corrected chi connectivity index (χ0v) is 11.0. The highest BCUT2D eigenvalue weighted by Crippen LogP contribution is 2.21. The highest BCUT2D eigenvalue weighted by atomic mass is 16.5. The van der Waals surface area contributed by atoms with Crippen LogP contribution < -0.4 is 5.32 Å². The molecule has 0 aliphatic carbocycles. The quantitative estimate of drug-likeness (QED) is 0.796. The average molecular weight is 240 g/mol. The van der Waals surface area contributed by atoms with Gasteiger partial charge in [-0.25, -0.2) is 0 Å². The van der Waals surface area contributed by atoms with Crippen LogP contribution in [-0.4, -0.2) is 23.8 Å². The molecule has 17 heavy (non-hydrogen) atoms. The summed E-state index contributed by atoms with van der Waals surface area (Å²) in [7, 11) is 0. The second-order valence-corrected chi connectivity index (χ2v) is 4.10. The average Bonchev–Trinajstić information content (AvgIpc) is 2.58. The van der Waals surface area contributed by atoms with E-state index in [9.17, 15) is 4.79 Å². The molecule has 1 heterocycles. The Balaban J connectivity index is 2.66. The Hall–Kier alpha value is -1.36. The van der Waals surface area contributed by atoms with Crippen molar-refractivity contribution in [3.8, 4) is 0 Å². The Labute approximate surface area is 102 Å². The van der Waals surface area contributed by atoms with E-state index in [2.05, 4.69) is 10.5 Å². The van der Waals surface area contributed by atoms with Crippen LogP contribution >= 0.6 is 0 Å². The molecule has 0 spiro atoms. The number of nitrogens with one attached hydrogen (secondary N) is 1. The lowest BCUT2D eigenvalue weighted by Crippen LogP contribution is -2.37. The van der Waals surface area contributed by atoms with Gasteiger partial charge in [-0.05, 0) is 34.6 Å². The van der Waals surface area contributed by atoms with Gasteiger partial charge >= 0.3 is 5.97 Å². The maximum atomic E-state index is 11.5. The molecule has 5 heteroatoms. The van der Waals surface area contributed by atoms with Crippen LogP contribution in [0.15, 0.2) is 4.52 Å². The van der Waals surface area contributed by atoms with Crippen LogP contribution in [0.2, 0.25) is 0 Å². The molecular weight excluding hydrogens is 220 g/mol. The summed E-state index contributed by atoms with van der Waals surface area (Å²) in [6, 6.07) is -0.348. The van der Waals surface area contributed by atoms with Crippen molar-refractivity contribution >= 4 is 5.97 Å². The fourth-order valence-corrected chi connectivity index (χ4v) is 1.90. The number of carbonyl (C=O) groups is 1. The van der Waals surface area contributed by atoms with E-state index < -0.39 is 0 Å². The van der Waals surface area contributed by atoms with Crippen molar-refractivity contribution < 1.29 is 14.1 Å². The monoisotopic (exact) mass is 240 g/mol. The molecule has 0 saturated heterocycles. The van der Waals surface area contributed by atoms with Crippen LogP contribution in [0.25, 0.3) is 0 Å². The molecular formula is C12H20N2O3. The van der Waals surface area contributed by atoms with Gasteiger partial charge in [0.1, 0.15) is 11.8 Å². The molecule has 1 rings (SSSR count). The van der Waals surface area contributed by atoms with Crippen LogP contribution in [0.3, 0.4) is 0 Å². The predicted molar refractivity (Wildman–Crippen MR) is 63.6 cm³/mol. The van der Waals surface area contributed by atoms with Gasteiger partial charge in [-0.15, -0.1) is 0 Å². The van der Waals surface area contributed by atoms with Crippen LogP contribution in [0.1, 0.15) is 43.8 Å². The minimum absolute atomic E-state index is 0.000608. The molecule has 5 nitrogen and oxygen atoms in total. The predicted octanol–water partition coefficient (Wildman–Crippen LogP) is 1.89. The van der Waals surface area contributed by atoms with Gasteiger partial charge in [0.15, 0.2) is 0 Å². The lowest BCUT2D eigenvalue weighted by Gasteiger charge is -2.18. The van der Waals surface area contributed by atoms with E-state index in [0.717, 1.165) is 17.0 Å². The van der Waals surface area contributed by atoms with Crippen LogP contribution in [0.5, 0.6) is 0 Å². The van der Waals surface area contributed by atoms with Gasteiger partial charge in [0.25, 0.3) is 0 Å². The van der Waals surface area contributed by atoms with E-state index >= 15 is 0 Å². The van der Waals surface area contributed by atoms with E-state index in [0.29, 0.717) is 6.61 Å². The number of aromatic nitrogens is 1. The van der Waals surface area contributed by atoms with Gasteiger partial charge in [-0.1, -0.05) is 5.16 Å². The third-order valence-corrected chi connectivity index (χ3v) is 2.66. The first-order chi connectivity index (χ1) is 7.97. The molecule has 0 bridgehead atoms. The van der Waals surface area contributed by atoms with Gasteiger partial charge in [-0.3, -0.25) is 10.1 Å². The lowest BCUT2D eigenvalue weighted by molar-refractivity contribution is -0.145. The normalized spacial score (nSPS) is 14.4. The summed E-state index contributed by atoms with van der Waals surface area (Å²) < 4.78 is 10.0. The van der Waals surface area contributed by atoms with Crippen molar-refractivity contribution in [2.75, 3.05) is 6.61 Å². The van der Waals surface area contributed by atoms with Crippen molar-refractivity contribution in [3.63, 3.8) is 0 Å².